The zero-order chi connectivity index (χ0) is 14.5. The smallest absolute Gasteiger partial charge is 0.328 e. The van der Waals surface area contributed by atoms with E-state index in [4.69, 9.17) is 15.0 Å². The predicted molar refractivity (Wildman–Crippen MR) is 86.9 cm³/mol. The van der Waals surface area contributed by atoms with E-state index in [0.717, 1.165) is 9.80 Å². The molecule has 0 aromatic heterocycles. The van der Waals surface area contributed by atoms with Crippen molar-refractivity contribution in [1.82, 2.24) is 0 Å². The first-order valence-corrected chi connectivity index (χ1v) is 6.96. The van der Waals surface area contributed by atoms with Gasteiger partial charge < -0.3 is 15.0 Å². The summed E-state index contributed by atoms with van der Waals surface area (Å²) in [6.07, 6.45) is 3.20. The fourth-order valence-corrected chi connectivity index (χ4v) is 2.80. The van der Waals surface area contributed by atoms with Crippen molar-refractivity contribution in [3.63, 3.8) is 0 Å². The summed E-state index contributed by atoms with van der Waals surface area (Å²) in [6, 6.07) is 8.25. The van der Waals surface area contributed by atoms with Gasteiger partial charge in [0.25, 0.3) is 0 Å². The van der Waals surface area contributed by atoms with Gasteiger partial charge in [0.05, 0.1) is 18.1 Å². The standard InChI is InChI=1S/C15H16N2O2S.ClH/c1-10-4-6-11(7-5-10)20-15-9-13(18-2)12(17-16)8-14(15)19-3;/h4-9,13H,1-3H3;1H. The molecule has 0 amide bonds. The highest BCUT2D eigenvalue weighted by molar-refractivity contribution is 8.03. The molecule has 0 saturated heterocycles. The van der Waals surface area contributed by atoms with E-state index in [0.29, 0.717) is 11.5 Å². The van der Waals surface area contributed by atoms with Crippen molar-refractivity contribution < 1.29 is 14.3 Å². The third-order valence-corrected chi connectivity index (χ3v) is 4.02. The Morgan fingerprint density at radius 2 is 1.86 bits per heavy atom. The molecule has 0 N–H and O–H groups in total. The second kappa shape index (κ2) is 8.05. The molecule has 0 fully saturated rings. The summed E-state index contributed by atoms with van der Waals surface area (Å²) in [7, 11) is 3.17. The number of thioether (sulfide) groups is 1. The Bertz CT molecular complexity index is 605. The van der Waals surface area contributed by atoms with Gasteiger partial charge in [0.1, 0.15) is 5.76 Å². The number of rotatable bonds is 4. The number of methoxy groups -OCH3 is 2. The van der Waals surface area contributed by atoms with Crippen LogP contribution in [-0.4, -0.2) is 30.8 Å². The van der Waals surface area contributed by atoms with E-state index in [1.807, 2.05) is 6.08 Å². The number of benzene rings is 1. The highest BCUT2D eigenvalue weighted by Gasteiger charge is 2.27. The molecule has 0 saturated carbocycles. The fourth-order valence-electron chi connectivity index (χ4n) is 1.84. The summed E-state index contributed by atoms with van der Waals surface area (Å²) in [5.74, 6) is 0.664. The Morgan fingerprint density at radius 1 is 1.19 bits per heavy atom. The molecule has 0 spiro atoms. The van der Waals surface area contributed by atoms with Crippen molar-refractivity contribution in [3.05, 3.63) is 58.2 Å². The highest BCUT2D eigenvalue weighted by atomic mass is 35.5. The lowest BCUT2D eigenvalue weighted by Crippen LogP contribution is -2.24. The summed E-state index contributed by atoms with van der Waals surface area (Å²) in [4.78, 5) is 5.29. The average molecular weight is 325 g/mol. The van der Waals surface area contributed by atoms with Crippen molar-refractivity contribution in [2.45, 2.75) is 17.9 Å². The van der Waals surface area contributed by atoms with Gasteiger partial charge in [0.2, 0.25) is 0 Å². The first-order valence-electron chi connectivity index (χ1n) is 6.15. The molecule has 21 heavy (non-hydrogen) atoms. The normalized spacial score (nSPS) is 17.3. The molecule has 1 aliphatic rings. The molecule has 0 heterocycles. The molecule has 0 radical (unpaired) electrons. The van der Waals surface area contributed by atoms with Crippen LogP contribution in [0.2, 0.25) is 0 Å². The molecule has 0 aliphatic heterocycles. The van der Waals surface area contributed by atoms with Gasteiger partial charge in [-0.15, -0.1) is 12.4 Å². The SMILES string of the molecule is COC1=CC(=[N+]=[N-])C(OC)C=C1Sc1ccc(C)cc1.Cl. The van der Waals surface area contributed by atoms with Gasteiger partial charge in [0.15, 0.2) is 6.10 Å². The number of nitrogens with zero attached hydrogens (tertiary/aromatic N) is 2. The van der Waals surface area contributed by atoms with Crippen molar-refractivity contribution in [2.75, 3.05) is 14.2 Å². The summed E-state index contributed by atoms with van der Waals surface area (Å²) < 4.78 is 10.6. The molecule has 1 aromatic carbocycles. The van der Waals surface area contributed by atoms with Crippen LogP contribution in [0, 0.1) is 6.92 Å². The predicted octanol–water partition coefficient (Wildman–Crippen LogP) is 3.62. The Kier molecular flexibility index (Phi) is 6.72. The molecule has 1 atom stereocenters. The largest absolute Gasteiger partial charge is 0.495 e. The van der Waals surface area contributed by atoms with Crippen LogP contribution in [0.4, 0.5) is 0 Å². The Morgan fingerprint density at radius 3 is 2.38 bits per heavy atom. The van der Waals surface area contributed by atoms with Gasteiger partial charge >= 0.3 is 5.71 Å². The zero-order valence-electron chi connectivity index (χ0n) is 12.1. The zero-order valence-corrected chi connectivity index (χ0v) is 13.7. The maximum Gasteiger partial charge on any atom is 0.328 e. The lowest BCUT2D eigenvalue weighted by Gasteiger charge is -2.17. The van der Waals surface area contributed by atoms with Crippen LogP contribution in [0.5, 0.6) is 0 Å². The maximum absolute atomic E-state index is 8.98. The van der Waals surface area contributed by atoms with Gasteiger partial charge in [-0.25, -0.2) is 0 Å². The number of hydrogen-bond donors (Lipinski definition) is 0. The molecular weight excluding hydrogens is 308 g/mol. The van der Waals surface area contributed by atoms with Gasteiger partial charge in [-0.3, -0.25) is 0 Å². The molecule has 2 rings (SSSR count). The quantitative estimate of drug-likeness (QED) is 0.628. The minimum Gasteiger partial charge on any atom is -0.495 e. The van der Waals surface area contributed by atoms with E-state index >= 15 is 0 Å². The lowest BCUT2D eigenvalue weighted by molar-refractivity contribution is -0.0188. The average Bonchev–Trinajstić information content (AvgIpc) is 2.49. The number of halogens is 1. The third kappa shape index (κ3) is 4.22. The molecule has 112 valence electrons. The summed E-state index contributed by atoms with van der Waals surface area (Å²) in [5, 5.41) is 0. The van der Waals surface area contributed by atoms with E-state index in [1.54, 1.807) is 32.1 Å². The van der Waals surface area contributed by atoms with Crippen LogP contribution >= 0.6 is 24.2 Å². The lowest BCUT2D eigenvalue weighted by atomic mass is 10.1. The Labute approximate surface area is 134 Å². The van der Waals surface area contributed by atoms with Crippen molar-refractivity contribution in [3.8, 4) is 0 Å². The van der Waals surface area contributed by atoms with Crippen LogP contribution in [0.25, 0.3) is 5.53 Å². The van der Waals surface area contributed by atoms with Gasteiger partial charge in [-0.1, -0.05) is 29.5 Å². The molecule has 0 bridgehead atoms. The second-order valence-electron chi connectivity index (χ2n) is 4.34. The van der Waals surface area contributed by atoms with Crippen molar-refractivity contribution in [1.29, 1.82) is 0 Å². The van der Waals surface area contributed by atoms with E-state index in [1.165, 1.54) is 5.56 Å². The maximum atomic E-state index is 8.98. The van der Waals surface area contributed by atoms with E-state index in [9.17, 15) is 0 Å². The Hall–Kier alpha value is -1.52. The minimum absolute atomic E-state index is 0. The van der Waals surface area contributed by atoms with Gasteiger partial charge in [-0.05, 0) is 25.1 Å². The molecular formula is C15H17ClN2O2S. The van der Waals surface area contributed by atoms with Crippen LogP contribution in [-0.2, 0) is 9.47 Å². The summed E-state index contributed by atoms with van der Waals surface area (Å²) in [6.45, 7) is 2.06. The van der Waals surface area contributed by atoms with E-state index in [-0.39, 0.29) is 18.5 Å². The first-order chi connectivity index (χ1) is 9.67. The van der Waals surface area contributed by atoms with Gasteiger partial charge in [-0.2, -0.15) is 4.79 Å². The van der Waals surface area contributed by atoms with Crippen LogP contribution < -0.4 is 0 Å². The number of aryl methyl sites for hydroxylation is 1. The second-order valence-corrected chi connectivity index (χ2v) is 5.46. The number of hydrogen-bond acceptors (Lipinski definition) is 3. The van der Waals surface area contributed by atoms with Crippen molar-refractivity contribution >= 4 is 29.9 Å². The van der Waals surface area contributed by atoms with Crippen LogP contribution in [0.1, 0.15) is 5.56 Å². The fraction of sp³-hybridized carbons (Fsp3) is 0.267. The minimum atomic E-state index is -0.369. The molecule has 1 aliphatic carbocycles. The van der Waals surface area contributed by atoms with Crippen LogP contribution in [0.15, 0.2) is 52.0 Å². The Balaban J connectivity index is 0.00000220. The topological polar surface area (TPSA) is 54.9 Å². The van der Waals surface area contributed by atoms with Crippen molar-refractivity contribution in [2.24, 2.45) is 0 Å². The monoisotopic (exact) mass is 324 g/mol. The van der Waals surface area contributed by atoms with Gasteiger partial charge in [0, 0.05) is 12.0 Å². The highest BCUT2D eigenvalue weighted by Crippen LogP contribution is 2.34. The summed E-state index contributed by atoms with van der Waals surface area (Å²) in [5.41, 5.74) is 10.6. The molecule has 1 unspecified atom stereocenters. The van der Waals surface area contributed by atoms with Crippen LogP contribution in [0.3, 0.4) is 0 Å². The third-order valence-electron chi connectivity index (χ3n) is 2.95. The number of ether oxygens (including phenoxy) is 2. The van der Waals surface area contributed by atoms with E-state index in [2.05, 4.69) is 36.0 Å². The molecule has 1 aromatic rings. The van der Waals surface area contributed by atoms with E-state index < -0.39 is 0 Å². The summed E-state index contributed by atoms with van der Waals surface area (Å²) >= 11 is 1.59. The molecule has 4 nitrogen and oxygen atoms in total. The first kappa shape index (κ1) is 17.5. The molecule has 6 heteroatoms.